The van der Waals surface area contributed by atoms with E-state index in [0.29, 0.717) is 28.3 Å². The molecule has 3 aromatic rings. The molecule has 2 unspecified atom stereocenters. The quantitative estimate of drug-likeness (QED) is 0.661. The first-order chi connectivity index (χ1) is 13.6. The fraction of sp³-hybridized carbons (Fsp3) is 0.273. The van der Waals surface area contributed by atoms with Gasteiger partial charge in [0.25, 0.3) is 5.91 Å². The van der Waals surface area contributed by atoms with E-state index >= 15 is 0 Å². The lowest BCUT2D eigenvalue weighted by Crippen LogP contribution is -2.51. The van der Waals surface area contributed by atoms with Gasteiger partial charge in [-0.1, -0.05) is 24.3 Å². The van der Waals surface area contributed by atoms with E-state index in [1.807, 2.05) is 12.1 Å². The lowest BCUT2D eigenvalue weighted by atomic mass is 9.98. The molecule has 2 N–H and O–H groups in total. The van der Waals surface area contributed by atoms with Crippen LogP contribution in [-0.4, -0.2) is 29.5 Å². The van der Waals surface area contributed by atoms with Crippen LogP contribution in [0.15, 0.2) is 59.1 Å². The second-order valence-electron chi connectivity index (χ2n) is 7.02. The third-order valence-electron chi connectivity index (χ3n) is 5.13. The van der Waals surface area contributed by atoms with Gasteiger partial charge in [-0.3, -0.25) is 4.79 Å². The molecule has 1 aliphatic rings. The number of carbonyl (C=O) groups excluding carboxylic acids is 1. The highest BCUT2D eigenvalue weighted by Crippen LogP contribution is 2.29. The molecule has 1 aromatic heterocycles. The van der Waals surface area contributed by atoms with Gasteiger partial charge in [0, 0.05) is 17.6 Å². The number of piperidine rings is 1. The molecule has 0 spiro atoms. The molecular weight excluding hydrogens is 393 g/mol. The lowest BCUT2D eigenvalue weighted by molar-refractivity contribution is 0.0920. The van der Waals surface area contributed by atoms with Crippen molar-refractivity contribution >= 4 is 18.3 Å². The Hall–Kier alpha value is -2.70. The van der Waals surface area contributed by atoms with Gasteiger partial charge >= 0.3 is 0 Å². The van der Waals surface area contributed by atoms with Crippen LogP contribution >= 0.6 is 12.4 Å². The summed E-state index contributed by atoms with van der Waals surface area (Å²) in [4.78, 5) is 17.2. The molecule has 1 saturated heterocycles. The Kier molecular flexibility index (Phi) is 6.67. The zero-order valence-electron chi connectivity index (χ0n) is 16.0. The maximum atomic E-state index is 14.0. The number of halogens is 2. The molecule has 0 aliphatic carbocycles. The molecule has 4 rings (SSSR count). The van der Waals surface area contributed by atoms with Crippen LogP contribution in [0.4, 0.5) is 4.39 Å². The van der Waals surface area contributed by atoms with E-state index in [4.69, 9.17) is 4.42 Å². The fourth-order valence-corrected chi connectivity index (χ4v) is 3.54. The molecule has 0 bridgehead atoms. The van der Waals surface area contributed by atoms with Crippen LogP contribution < -0.4 is 10.6 Å². The summed E-state index contributed by atoms with van der Waals surface area (Å²) >= 11 is 0. The average molecular weight is 416 g/mol. The molecule has 7 heteroatoms. The van der Waals surface area contributed by atoms with Gasteiger partial charge in [0.2, 0.25) is 5.89 Å². The van der Waals surface area contributed by atoms with Crippen molar-refractivity contribution in [3.05, 3.63) is 66.1 Å². The van der Waals surface area contributed by atoms with Crippen molar-refractivity contribution in [3.8, 4) is 22.8 Å². The van der Waals surface area contributed by atoms with Crippen LogP contribution in [-0.2, 0) is 0 Å². The molecule has 0 radical (unpaired) electrons. The summed E-state index contributed by atoms with van der Waals surface area (Å²) in [5, 5.41) is 6.49. The van der Waals surface area contributed by atoms with Crippen LogP contribution in [0.5, 0.6) is 0 Å². The Morgan fingerprint density at radius 2 is 1.90 bits per heavy atom. The average Bonchev–Trinajstić information content (AvgIpc) is 3.20. The van der Waals surface area contributed by atoms with Gasteiger partial charge in [-0.2, -0.15) is 0 Å². The molecule has 29 heavy (non-hydrogen) atoms. The van der Waals surface area contributed by atoms with Gasteiger partial charge in [-0.05, 0) is 50.6 Å². The molecule has 2 aromatic carbocycles. The lowest BCUT2D eigenvalue weighted by Gasteiger charge is -2.30. The van der Waals surface area contributed by atoms with Crippen LogP contribution in [0, 0.1) is 5.82 Å². The molecule has 5 nitrogen and oxygen atoms in total. The van der Waals surface area contributed by atoms with E-state index in [9.17, 15) is 9.18 Å². The Labute approximate surface area is 175 Å². The zero-order valence-corrected chi connectivity index (χ0v) is 16.8. The number of amides is 1. The molecule has 2 atom stereocenters. The molecule has 152 valence electrons. The third kappa shape index (κ3) is 4.49. The summed E-state index contributed by atoms with van der Waals surface area (Å²) < 4.78 is 19.8. The minimum atomic E-state index is -0.380. The van der Waals surface area contributed by atoms with Gasteiger partial charge in [-0.25, -0.2) is 9.37 Å². The van der Waals surface area contributed by atoms with Crippen LogP contribution in [0.3, 0.4) is 0 Å². The highest BCUT2D eigenvalue weighted by molar-refractivity contribution is 6.00. The van der Waals surface area contributed by atoms with E-state index in [1.54, 1.807) is 30.3 Å². The topological polar surface area (TPSA) is 67.2 Å². The van der Waals surface area contributed by atoms with E-state index < -0.39 is 0 Å². The molecule has 0 saturated carbocycles. The van der Waals surface area contributed by atoms with Crippen LogP contribution in [0.25, 0.3) is 22.8 Å². The second-order valence-corrected chi connectivity index (χ2v) is 7.02. The number of nitrogens with one attached hydrogen (secondary N) is 2. The van der Waals surface area contributed by atoms with Crippen molar-refractivity contribution in [2.45, 2.75) is 31.8 Å². The number of carbonyl (C=O) groups is 1. The first kappa shape index (κ1) is 21.0. The number of nitrogens with zero attached hydrogens (tertiary/aromatic N) is 1. The predicted molar refractivity (Wildman–Crippen MR) is 113 cm³/mol. The van der Waals surface area contributed by atoms with Crippen molar-refractivity contribution in [2.75, 3.05) is 6.54 Å². The molecule has 2 heterocycles. The molecule has 1 amide bonds. The Morgan fingerprint density at radius 1 is 1.17 bits per heavy atom. The smallest absolute Gasteiger partial charge is 0.252 e. The zero-order chi connectivity index (χ0) is 19.5. The van der Waals surface area contributed by atoms with Crippen molar-refractivity contribution in [3.63, 3.8) is 0 Å². The number of hydrogen-bond acceptors (Lipinski definition) is 4. The summed E-state index contributed by atoms with van der Waals surface area (Å²) in [5.41, 5.74) is 1.41. The minimum absolute atomic E-state index is 0. The predicted octanol–water partition coefficient (Wildman–Crippen LogP) is 4.44. The van der Waals surface area contributed by atoms with Gasteiger partial charge < -0.3 is 15.1 Å². The van der Waals surface area contributed by atoms with Gasteiger partial charge in [0.1, 0.15) is 5.82 Å². The monoisotopic (exact) mass is 415 g/mol. The molecule has 1 aliphatic heterocycles. The third-order valence-corrected chi connectivity index (χ3v) is 5.13. The summed E-state index contributed by atoms with van der Waals surface area (Å²) in [6.07, 6.45) is 3.46. The van der Waals surface area contributed by atoms with Gasteiger partial charge in [-0.15, -0.1) is 12.4 Å². The SMILES string of the molecule is CC1NCCCC1NC(=O)c1ccccc1-c1ncc(-c2ccccc2F)o1.Cl. The number of hydrogen-bond donors (Lipinski definition) is 2. The van der Waals surface area contributed by atoms with Crippen molar-refractivity contribution in [2.24, 2.45) is 0 Å². The van der Waals surface area contributed by atoms with Crippen molar-refractivity contribution in [1.29, 1.82) is 0 Å². The summed E-state index contributed by atoms with van der Waals surface area (Å²) in [6.45, 7) is 3.05. The van der Waals surface area contributed by atoms with Gasteiger partial charge in [0.15, 0.2) is 5.76 Å². The van der Waals surface area contributed by atoms with Crippen molar-refractivity contribution < 1.29 is 13.6 Å². The summed E-state index contributed by atoms with van der Waals surface area (Å²) in [6, 6.07) is 13.8. The molecule has 1 fully saturated rings. The Bertz CT molecular complexity index is 991. The second kappa shape index (κ2) is 9.20. The standard InChI is InChI=1S/C22H22FN3O2.ClH/c1-14-19(11-6-12-24-14)26-21(27)15-7-2-3-8-16(15)22-25-13-20(28-22)17-9-4-5-10-18(17)23;/h2-5,7-10,13-14,19,24H,6,11-12H2,1H3,(H,26,27);1H. The minimum Gasteiger partial charge on any atom is -0.436 e. The number of rotatable bonds is 4. The van der Waals surface area contributed by atoms with E-state index in [0.717, 1.165) is 19.4 Å². The Balaban J connectivity index is 0.00000240. The number of benzene rings is 2. The van der Waals surface area contributed by atoms with E-state index in [2.05, 4.69) is 22.5 Å². The first-order valence-corrected chi connectivity index (χ1v) is 9.48. The van der Waals surface area contributed by atoms with Crippen LogP contribution in [0.1, 0.15) is 30.1 Å². The van der Waals surface area contributed by atoms with Gasteiger partial charge in [0.05, 0.1) is 17.3 Å². The first-order valence-electron chi connectivity index (χ1n) is 9.48. The number of oxazole rings is 1. The largest absolute Gasteiger partial charge is 0.436 e. The maximum absolute atomic E-state index is 14.0. The number of aromatic nitrogens is 1. The van der Waals surface area contributed by atoms with E-state index in [-0.39, 0.29) is 36.2 Å². The molecular formula is C22H23ClFN3O2. The highest BCUT2D eigenvalue weighted by atomic mass is 35.5. The highest BCUT2D eigenvalue weighted by Gasteiger charge is 2.25. The maximum Gasteiger partial charge on any atom is 0.252 e. The fourth-order valence-electron chi connectivity index (χ4n) is 3.54. The normalized spacial score (nSPS) is 18.7. The van der Waals surface area contributed by atoms with Crippen LogP contribution in [0.2, 0.25) is 0 Å². The van der Waals surface area contributed by atoms with Crippen molar-refractivity contribution in [1.82, 2.24) is 15.6 Å². The summed E-state index contributed by atoms with van der Waals surface area (Å²) in [7, 11) is 0. The summed E-state index contributed by atoms with van der Waals surface area (Å²) in [5.74, 6) is 0.0732. The van der Waals surface area contributed by atoms with E-state index in [1.165, 1.54) is 12.3 Å². The Morgan fingerprint density at radius 3 is 2.66 bits per heavy atom.